The van der Waals surface area contributed by atoms with E-state index in [9.17, 15) is 13.6 Å². The van der Waals surface area contributed by atoms with Gasteiger partial charge in [-0.3, -0.25) is 4.79 Å². The molecule has 0 aromatic rings. The molecule has 0 amide bonds. The summed E-state index contributed by atoms with van der Waals surface area (Å²) in [5, 5.41) is 0. The lowest BCUT2D eigenvalue weighted by atomic mass is 10.2. The highest BCUT2D eigenvalue weighted by Crippen LogP contribution is 2.06. The SMILES string of the molecule is C=C/C(F)=C\C(F)CC(C)=O. The second kappa shape index (κ2) is 4.77. The van der Waals surface area contributed by atoms with Crippen molar-refractivity contribution in [2.24, 2.45) is 0 Å². The van der Waals surface area contributed by atoms with Crippen molar-refractivity contribution < 1.29 is 13.6 Å². The smallest absolute Gasteiger partial charge is 0.133 e. The zero-order chi connectivity index (χ0) is 8.85. The third-order valence-corrected chi connectivity index (χ3v) is 1.02. The third-order valence-electron chi connectivity index (χ3n) is 1.02. The Morgan fingerprint density at radius 2 is 2.27 bits per heavy atom. The van der Waals surface area contributed by atoms with E-state index < -0.39 is 12.0 Å². The van der Waals surface area contributed by atoms with E-state index in [2.05, 4.69) is 6.58 Å². The first-order valence-corrected chi connectivity index (χ1v) is 3.19. The van der Waals surface area contributed by atoms with Crippen molar-refractivity contribution in [3.8, 4) is 0 Å². The molecular formula is C8H10F2O. The predicted molar refractivity (Wildman–Crippen MR) is 39.6 cm³/mol. The summed E-state index contributed by atoms with van der Waals surface area (Å²) in [5.74, 6) is -1.04. The lowest BCUT2D eigenvalue weighted by Crippen LogP contribution is -2.02. The van der Waals surface area contributed by atoms with Crippen LogP contribution in [0.5, 0.6) is 0 Å². The summed E-state index contributed by atoms with van der Waals surface area (Å²) in [4.78, 5) is 10.3. The second-order valence-electron chi connectivity index (χ2n) is 2.18. The summed E-state index contributed by atoms with van der Waals surface area (Å²) >= 11 is 0. The van der Waals surface area contributed by atoms with Crippen molar-refractivity contribution in [2.75, 3.05) is 0 Å². The van der Waals surface area contributed by atoms with Crippen LogP contribution in [0.2, 0.25) is 0 Å². The van der Waals surface area contributed by atoms with Gasteiger partial charge in [-0.05, 0) is 19.1 Å². The maximum absolute atomic E-state index is 12.5. The minimum Gasteiger partial charge on any atom is -0.300 e. The first-order valence-electron chi connectivity index (χ1n) is 3.19. The summed E-state index contributed by atoms with van der Waals surface area (Å²) in [6, 6.07) is 0. The number of Topliss-reactive ketones (excluding diaryl/α,β-unsaturated/α-hetero) is 1. The van der Waals surface area contributed by atoms with Crippen LogP contribution >= 0.6 is 0 Å². The molecule has 0 rings (SSSR count). The Morgan fingerprint density at radius 3 is 2.64 bits per heavy atom. The molecule has 11 heavy (non-hydrogen) atoms. The van der Waals surface area contributed by atoms with Crippen molar-refractivity contribution in [1.29, 1.82) is 0 Å². The van der Waals surface area contributed by atoms with Crippen LogP contribution < -0.4 is 0 Å². The molecule has 3 heteroatoms. The summed E-state index contributed by atoms with van der Waals surface area (Å²) in [6.45, 7) is 4.35. The number of hydrogen-bond donors (Lipinski definition) is 0. The van der Waals surface area contributed by atoms with Crippen molar-refractivity contribution in [3.63, 3.8) is 0 Å². The van der Waals surface area contributed by atoms with Gasteiger partial charge >= 0.3 is 0 Å². The molecule has 0 aromatic heterocycles. The molecule has 0 N–H and O–H groups in total. The van der Waals surface area contributed by atoms with Gasteiger partial charge in [0, 0.05) is 6.42 Å². The minimum absolute atomic E-state index is 0.277. The van der Waals surface area contributed by atoms with Gasteiger partial charge in [-0.2, -0.15) is 0 Å². The number of rotatable bonds is 4. The van der Waals surface area contributed by atoms with Gasteiger partial charge in [0.2, 0.25) is 0 Å². The van der Waals surface area contributed by atoms with Crippen LogP contribution in [-0.4, -0.2) is 12.0 Å². The first-order chi connectivity index (χ1) is 5.06. The highest BCUT2D eigenvalue weighted by Gasteiger charge is 2.06. The Morgan fingerprint density at radius 1 is 1.73 bits per heavy atom. The number of allylic oxidation sites excluding steroid dienone is 3. The van der Waals surface area contributed by atoms with Crippen molar-refractivity contribution in [2.45, 2.75) is 19.5 Å². The predicted octanol–water partition coefficient (Wildman–Crippen LogP) is 2.34. The number of carbonyl (C=O) groups is 1. The minimum atomic E-state index is -1.54. The van der Waals surface area contributed by atoms with Crippen molar-refractivity contribution in [1.82, 2.24) is 0 Å². The molecule has 0 aliphatic rings. The standard InChI is InChI=1S/C8H10F2O/c1-3-7(9)5-8(10)4-6(2)11/h3,5,8H,1,4H2,2H3/b7-5+. The summed E-state index contributed by atoms with van der Waals surface area (Å²) in [7, 11) is 0. The second-order valence-corrected chi connectivity index (χ2v) is 2.18. The third kappa shape index (κ3) is 5.45. The quantitative estimate of drug-likeness (QED) is 0.577. The molecule has 0 spiro atoms. The summed E-state index contributed by atoms with van der Waals surface area (Å²) < 4.78 is 24.7. The van der Waals surface area contributed by atoms with E-state index in [1.54, 1.807) is 0 Å². The van der Waals surface area contributed by atoms with Crippen LogP contribution in [0.1, 0.15) is 13.3 Å². The molecule has 0 aromatic carbocycles. The highest BCUT2D eigenvalue weighted by molar-refractivity contribution is 5.76. The van der Waals surface area contributed by atoms with E-state index >= 15 is 0 Å². The zero-order valence-corrected chi connectivity index (χ0v) is 6.31. The Kier molecular flexibility index (Phi) is 4.34. The number of ketones is 1. The van der Waals surface area contributed by atoms with Gasteiger partial charge in [0.15, 0.2) is 0 Å². The zero-order valence-electron chi connectivity index (χ0n) is 6.31. The van der Waals surface area contributed by atoms with Gasteiger partial charge in [0.05, 0.1) is 0 Å². The maximum Gasteiger partial charge on any atom is 0.133 e. The van der Waals surface area contributed by atoms with Gasteiger partial charge in [0.1, 0.15) is 17.8 Å². The summed E-state index contributed by atoms with van der Waals surface area (Å²) in [6.07, 6.45) is -0.187. The van der Waals surface area contributed by atoms with Gasteiger partial charge in [-0.1, -0.05) is 6.58 Å². The average Bonchev–Trinajstić information content (AvgIpc) is 1.85. The van der Waals surface area contributed by atoms with E-state index in [1.165, 1.54) is 6.92 Å². The number of halogens is 2. The fourth-order valence-corrected chi connectivity index (χ4v) is 0.574. The lowest BCUT2D eigenvalue weighted by molar-refractivity contribution is -0.117. The molecule has 1 unspecified atom stereocenters. The van der Waals surface area contributed by atoms with Gasteiger partial charge in [0.25, 0.3) is 0 Å². The van der Waals surface area contributed by atoms with Crippen molar-refractivity contribution >= 4 is 5.78 Å². The Bertz CT molecular complexity index is 185. The van der Waals surface area contributed by atoms with Crippen LogP contribution in [0.4, 0.5) is 8.78 Å². The first kappa shape index (κ1) is 10.0. The van der Waals surface area contributed by atoms with Gasteiger partial charge < -0.3 is 0 Å². The number of hydrogen-bond acceptors (Lipinski definition) is 1. The molecule has 0 aliphatic heterocycles. The van der Waals surface area contributed by atoms with Gasteiger partial charge in [-0.15, -0.1) is 0 Å². The molecule has 0 fully saturated rings. The lowest BCUT2D eigenvalue weighted by Gasteiger charge is -1.97. The van der Waals surface area contributed by atoms with E-state index in [0.717, 1.165) is 12.2 Å². The Labute approximate surface area is 64.4 Å². The maximum atomic E-state index is 12.5. The molecule has 0 aliphatic carbocycles. The summed E-state index contributed by atoms with van der Waals surface area (Å²) in [5.41, 5.74) is 0. The van der Waals surface area contributed by atoms with Crippen LogP contribution in [0.15, 0.2) is 24.6 Å². The molecule has 0 saturated heterocycles. The fraction of sp³-hybridized carbons (Fsp3) is 0.375. The number of carbonyl (C=O) groups excluding carboxylic acids is 1. The average molecular weight is 160 g/mol. The molecular weight excluding hydrogens is 150 g/mol. The largest absolute Gasteiger partial charge is 0.300 e. The topological polar surface area (TPSA) is 17.1 Å². The highest BCUT2D eigenvalue weighted by atomic mass is 19.1. The molecule has 0 bridgehead atoms. The molecule has 1 nitrogen and oxygen atoms in total. The molecule has 0 saturated carbocycles. The van der Waals surface area contributed by atoms with E-state index in [-0.39, 0.29) is 12.2 Å². The number of alkyl halides is 1. The molecule has 1 atom stereocenters. The van der Waals surface area contributed by atoms with Crippen LogP contribution in [0, 0.1) is 0 Å². The van der Waals surface area contributed by atoms with Crippen molar-refractivity contribution in [3.05, 3.63) is 24.6 Å². The van der Waals surface area contributed by atoms with Gasteiger partial charge in [-0.25, -0.2) is 8.78 Å². The molecule has 0 heterocycles. The van der Waals surface area contributed by atoms with E-state index in [1.807, 2.05) is 0 Å². The Hall–Kier alpha value is -0.990. The van der Waals surface area contributed by atoms with Crippen LogP contribution in [0.3, 0.4) is 0 Å². The van der Waals surface area contributed by atoms with Crippen LogP contribution in [0.25, 0.3) is 0 Å². The van der Waals surface area contributed by atoms with E-state index in [4.69, 9.17) is 0 Å². The fourth-order valence-electron chi connectivity index (χ4n) is 0.574. The Balaban J connectivity index is 3.95. The molecule has 0 radical (unpaired) electrons. The molecule has 62 valence electrons. The monoisotopic (exact) mass is 160 g/mol. The van der Waals surface area contributed by atoms with Crippen LogP contribution in [-0.2, 0) is 4.79 Å². The normalized spacial score (nSPS) is 14.3. The van der Waals surface area contributed by atoms with E-state index in [0.29, 0.717) is 0 Å².